The Morgan fingerprint density at radius 1 is 0.956 bits per heavy atom. The molecule has 45 heavy (non-hydrogen) atoms. The van der Waals surface area contributed by atoms with Gasteiger partial charge in [-0.15, -0.1) is 0 Å². The van der Waals surface area contributed by atoms with Gasteiger partial charge < -0.3 is 14.6 Å². The van der Waals surface area contributed by atoms with E-state index in [0.717, 1.165) is 67.4 Å². The van der Waals surface area contributed by atoms with E-state index in [1.165, 1.54) is 18.2 Å². The summed E-state index contributed by atoms with van der Waals surface area (Å²) in [6, 6.07) is 16.2. The summed E-state index contributed by atoms with van der Waals surface area (Å²) in [5.41, 5.74) is 2.84. The highest BCUT2D eigenvalue weighted by Crippen LogP contribution is 2.40. The Kier molecular flexibility index (Phi) is 9.71. The molecule has 0 radical (unpaired) electrons. The third-order valence-corrected chi connectivity index (χ3v) is 10.3. The monoisotopic (exact) mass is 669 g/mol. The summed E-state index contributed by atoms with van der Waals surface area (Å²) in [5, 5.41) is 4.77. The van der Waals surface area contributed by atoms with E-state index < -0.39 is 5.82 Å². The zero-order chi connectivity index (χ0) is 31.7. The lowest BCUT2D eigenvalue weighted by Crippen LogP contribution is -2.43. The molecule has 2 fully saturated rings. The normalized spacial score (nSPS) is 19.6. The zero-order valence-corrected chi connectivity index (χ0v) is 27.3. The number of benzene rings is 3. The van der Waals surface area contributed by atoms with Gasteiger partial charge in [0.05, 0.1) is 33.3 Å². The molecule has 3 atom stereocenters. The number of halogens is 4. The minimum Gasteiger partial charge on any atom is -0.495 e. The maximum absolute atomic E-state index is 13.6. The Morgan fingerprint density at radius 2 is 1.73 bits per heavy atom. The fourth-order valence-corrected chi connectivity index (χ4v) is 7.67. The van der Waals surface area contributed by atoms with E-state index in [9.17, 15) is 14.0 Å². The number of carbonyl (C=O) groups is 2. The number of hydrogen-bond acceptors (Lipinski definition) is 4. The lowest BCUT2D eigenvalue weighted by atomic mass is 9.85. The number of para-hydroxylation sites is 1. The van der Waals surface area contributed by atoms with Gasteiger partial charge in [-0.2, -0.15) is 0 Å². The molecule has 6 nitrogen and oxygen atoms in total. The summed E-state index contributed by atoms with van der Waals surface area (Å²) in [5.74, 6) is 0.391. The van der Waals surface area contributed by atoms with Crippen LogP contribution in [0.1, 0.15) is 64.8 Å². The molecular weight excluding hydrogens is 636 g/mol. The topological polar surface area (TPSA) is 63.6 Å². The van der Waals surface area contributed by atoms with Crippen LogP contribution >= 0.6 is 34.8 Å². The number of hydrogen-bond donors (Lipinski definition) is 1. The van der Waals surface area contributed by atoms with Crippen molar-refractivity contribution < 1.29 is 18.7 Å². The second kappa shape index (κ2) is 13.7. The van der Waals surface area contributed by atoms with Gasteiger partial charge in [0.1, 0.15) is 11.6 Å². The van der Waals surface area contributed by atoms with Crippen LogP contribution in [0.4, 0.5) is 4.39 Å². The summed E-state index contributed by atoms with van der Waals surface area (Å²) in [4.78, 5) is 28.9. The quantitative estimate of drug-likeness (QED) is 0.162. The number of aryl methyl sites for hydroxylation is 1. The molecule has 0 unspecified atom stereocenters. The molecule has 2 saturated heterocycles. The summed E-state index contributed by atoms with van der Waals surface area (Å²) in [7, 11) is 1.65. The molecule has 6 rings (SSSR count). The molecule has 0 saturated carbocycles. The predicted octanol–water partition coefficient (Wildman–Crippen LogP) is 8.59. The van der Waals surface area contributed by atoms with E-state index in [1.807, 2.05) is 30.5 Å². The van der Waals surface area contributed by atoms with Gasteiger partial charge in [0.15, 0.2) is 5.78 Å². The second-order valence-corrected chi connectivity index (χ2v) is 13.3. The van der Waals surface area contributed by atoms with Crippen LogP contribution in [0.3, 0.4) is 0 Å². The van der Waals surface area contributed by atoms with Crippen molar-refractivity contribution in [3.63, 3.8) is 0 Å². The first-order valence-electron chi connectivity index (χ1n) is 15.3. The molecule has 4 aromatic rings. The zero-order valence-electron chi connectivity index (χ0n) is 25.0. The van der Waals surface area contributed by atoms with Crippen LogP contribution in [-0.2, 0) is 13.1 Å². The van der Waals surface area contributed by atoms with Gasteiger partial charge in [-0.1, -0.05) is 53.0 Å². The number of nitrogens with one attached hydrogen (secondary N) is 1. The van der Waals surface area contributed by atoms with Crippen LogP contribution in [-0.4, -0.2) is 46.9 Å². The van der Waals surface area contributed by atoms with Crippen LogP contribution in [0.25, 0.3) is 10.9 Å². The van der Waals surface area contributed by atoms with E-state index in [2.05, 4.69) is 14.8 Å². The van der Waals surface area contributed by atoms with Crippen LogP contribution in [0.15, 0.2) is 60.8 Å². The van der Waals surface area contributed by atoms with Gasteiger partial charge in [0.2, 0.25) is 0 Å². The summed E-state index contributed by atoms with van der Waals surface area (Å²) in [6.45, 7) is 2.01. The second-order valence-electron chi connectivity index (χ2n) is 12.1. The van der Waals surface area contributed by atoms with Crippen LogP contribution in [0, 0.1) is 11.7 Å². The number of rotatable bonds is 11. The molecule has 0 spiro atoms. The minimum atomic E-state index is -0.509. The highest BCUT2D eigenvalue weighted by molar-refractivity contribution is 6.42. The molecule has 2 bridgehead atoms. The first kappa shape index (κ1) is 31.9. The van der Waals surface area contributed by atoms with Crippen molar-refractivity contribution in [1.29, 1.82) is 0 Å². The number of methoxy groups -OCH3 is 1. The van der Waals surface area contributed by atoms with Gasteiger partial charge in [-0.3, -0.25) is 14.5 Å². The summed E-state index contributed by atoms with van der Waals surface area (Å²) < 4.78 is 21.4. The number of amides is 1. The van der Waals surface area contributed by atoms with Crippen molar-refractivity contribution in [2.75, 3.05) is 13.7 Å². The Bertz CT molecular complexity index is 1730. The van der Waals surface area contributed by atoms with Crippen molar-refractivity contribution in [2.45, 2.75) is 63.7 Å². The lowest BCUT2D eigenvalue weighted by molar-refractivity contribution is 0.0807. The maximum Gasteiger partial charge on any atom is 0.253 e. The van der Waals surface area contributed by atoms with Gasteiger partial charge in [0, 0.05) is 55.3 Å². The first-order valence-corrected chi connectivity index (χ1v) is 16.5. The van der Waals surface area contributed by atoms with Crippen LogP contribution in [0.5, 0.6) is 5.75 Å². The standard InChI is InChI=1S/C35H35Cl3FN3O3/c1-45-33-5-2-4-26-27(35(44)40-19-21-6-10-28(36)29(37)16-21)20-41(34(26)33)12-3-13-42-24-8-9-25(42)15-22(14-24)17-32(43)23-7-11-31(39)30(38)18-23/h2,4-7,10-11,16,18,20,22,24-25H,3,8-9,12-15,17,19H2,1H3,(H,40,44)/t22-,24+,25-. The summed E-state index contributed by atoms with van der Waals surface area (Å²) in [6.07, 6.45) is 7.56. The predicted molar refractivity (Wildman–Crippen MR) is 177 cm³/mol. The van der Waals surface area contributed by atoms with Gasteiger partial charge >= 0.3 is 0 Å². The highest BCUT2D eigenvalue weighted by atomic mass is 35.5. The first-order chi connectivity index (χ1) is 21.7. The number of aromatic nitrogens is 1. The number of ether oxygens (including phenoxy) is 1. The van der Waals surface area contributed by atoms with Crippen molar-refractivity contribution in [3.05, 3.63) is 98.4 Å². The average molecular weight is 671 g/mol. The number of nitrogens with zero attached hydrogens (tertiary/aromatic N) is 2. The third kappa shape index (κ3) is 6.87. The number of carbonyl (C=O) groups excluding carboxylic acids is 2. The van der Waals surface area contributed by atoms with Crippen molar-refractivity contribution in [1.82, 2.24) is 14.8 Å². The molecule has 1 amide bonds. The van der Waals surface area contributed by atoms with E-state index in [1.54, 1.807) is 19.2 Å². The van der Waals surface area contributed by atoms with E-state index in [-0.39, 0.29) is 16.7 Å². The van der Waals surface area contributed by atoms with Crippen LogP contribution < -0.4 is 10.1 Å². The Hall–Kier alpha value is -3.10. The smallest absolute Gasteiger partial charge is 0.253 e. The van der Waals surface area contributed by atoms with Gasteiger partial charge in [0.25, 0.3) is 5.91 Å². The van der Waals surface area contributed by atoms with Gasteiger partial charge in [-0.05, 0) is 80.0 Å². The highest BCUT2D eigenvalue weighted by Gasteiger charge is 2.40. The van der Waals surface area contributed by atoms with Crippen molar-refractivity contribution in [2.24, 2.45) is 5.92 Å². The van der Waals surface area contributed by atoms with Crippen LogP contribution in [0.2, 0.25) is 15.1 Å². The van der Waals surface area contributed by atoms with Crippen molar-refractivity contribution in [3.8, 4) is 5.75 Å². The van der Waals surface area contributed by atoms with E-state index >= 15 is 0 Å². The SMILES string of the molecule is COc1cccc2c(C(=O)NCc3ccc(Cl)c(Cl)c3)cn(CCCN3[C@@H]4CC[C@H]3C[C@@H](CC(=O)c3ccc(F)c(Cl)c3)C4)c12. The minimum absolute atomic E-state index is 0.0140. The molecule has 3 heterocycles. The fraction of sp³-hybridized carbons (Fsp3) is 0.371. The largest absolute Gasteiger partial charge is 0.495 e. The molecule has 1 N–H and O–H groups in total. The maximum atomic E-state index is 13.6. The molecule has 10 heteroatoms. The third-order valence-electron chi connectivity index (χ3n) is 9.28. The molecule has 2 aliphatic rings. The molecule has 2 aliphatic heterocycles. The molecule has 1 aromatic heterocycles. The Labute approximate surface area is 277 Å². The molecular formula is C35H35Cl3FN3O3. The Morgan fingerprint density at radius 3 is 2.44 bits per heavy atom. The average Bonchev–Trinajstić information content (AvgIpc) is 3.52. The number of ketones is 1. The van der Waals surface area contributed by atoms with E-state index in [4.69, 9.17) is 39.5 Å². The summed E-state index contributed by atoms with van der Waals surface area (Å²) >= 11 is 18.1. The van der Waals surface area contributed by atoms with Gasteiger partial charge in [-0.25, -0.2) is 4.39 Å². The Balaban J connectivity index is 1.09. The molecule has 0 aliphatic carbocycles. The number of fused-ring (bicyclic) bond motifs is 3. The van der Waals surface area contributed by atoms with E-state index in [0.29, 0.717) is 52.1 Å². The number of Topliss-reactive ketones (excluding diaryl/α,β-unsaturated/α-hetero) is 1. The fourth-order valence-electron chi connectivity index (χ4n) is 7.17. The molecule has 3 aromatic carbocycles. The van der Waals surface area contributed by atoms with Crippen molar-refractivity contribution >= 4 is 57.4 Å². The lowest BCUT2D eigenvalue weighted by Gasteiger charge is -2.39. The number of piperidine rings is 1. The molecule has 236 valence electrons.